The lowest BCUT2D eigenvalue weighted by atomic mass is 10.1. The zero-order valence-corrected chi connectivity index (χ0v) is 9.61. The molecular formula is C13H17N3. The van der Waals surface area contributed by atoms with Crippen LogP contribution in [0.15, 0.2) is 35.3 Å². The van der Waals surface area contributed by atoms with Crippen molar-refractivity contribution in [1.82, 2.24) is 5.32 Å². The number of rotatable bonds is 5. The fourth-order valence-corrected chi connectivity index (χ4v) is 1.45. The van der Waals surface area contributed by atoms with Gasteiger partial charge in [-0.25, -0.2) is 0 Å². The lowest BCUT2D eigenvalue weighted by Gasteiger charge is -2.00. The van der Waals surface area contributed by atoms with Crippen molar-refractivity contribution in [2.24, 2.45) is 4.99 Å². The molecule has 3 nitrogen and oxygen atoms in total. The molecule has 0 amide bonds. The summed E-state index contributed by atoms with van der Waals surface area (Å²) in [7, 11) is 0. The van der Waals surface area contributed by atoms with Crippen LogP contribution in [0, 0.1) is 11.5 Å². The normalized spacial score (nSPS) is 10.9. The van der Waals surface area contributed by atoms with Gasteiger partial charge in [0.2, 0.25) is 0 Å². The minimum atomic E-state index is 0.696. The largest absolute Gasteiger partial charge is 0.281 e. The quantitative estimate of drug-likeness (QED) is 0.270. The van der Waals surface area contributed by atoms with Gasteiger partial charge in [-0.1, -0.05) is 30.3 Å². The highest BCUT2D eigenvalue weighted by Gasteiger charge is 1.92. The molecule has 0 saturated heterocycles. The van der Waals surface area contributed by atoms with Crippen LogP contribution in [0.2, 0.25) is 0 Å². The topological polar surface area (TPSA) is 48.2 Å². The van der Waals surface area contributed by atoms with Gasteiger partial charge in [0.05, 0.1) is 0 Å². The van der Waals surface area contributed by atoms with E-state index >= 15 is 0 Å². The Kier molecular flexibility index (Phi) is 5.72. The van der Waals surface area contributed by atoms with Crippen LogP contribution in [0.3, 0.4) is 0 Å². The van der Waals surface area contributed by atoms with Crippen molar-refractivity contribution in [3.05, 3.63) is 35.9 Å². The first-order valence-electron chi connectivity index (χ1n) is 5.53. The summed E-state index contributed by atoms with van der Waals surface area (Å²) in [5, 5.41) is 10.9. The average molecular weight is 215 g/mol. The molecule has 0 atom stereocenters. The zero-order valence-electron chi connectivity index (χ0n) is 9.61. The highest BCUT2D eigenvalue weighted by molar-refractivity contribution is 5.80. The number of nitriles is 1. The number of aliphatic imine (C=N–C) groups is 1. The first-order valence-corrected chi connectivity index (χ1v) is 5.53. The van der Waals surface area contributed by atoms with E-state index < -0.39 is 0 Å². The second kappa shape index (κ2) is 7.47. The summed E-state index contributed by atoms with van der Waals surface area (Å²) in [4.78, 5) is 4.23. The predicted octanol–water partition coefficient (Wildman–Crippen LogP) is 2.50. The van der Waals surface area contributed by atoms with E-state index in [1.54, 1.807) is 6.92 Å². The molecule has 1 N–H and O–H groups in total. The maximum atomic E-state index is 8.35. The van der Waals surface area contributed by atoms with Gasteiger partial charge in [-0.05, 0) is 31.7 Å². The van der Waals surface area contributed by atoms with E-state index in [9.17, 15) is 0 Å². The number of benzene rings is 1. The van der Waals surface area contributed by atoms with Crippen LogP contribution in [-0.4, -0.2) is 12.4 Å². The molecule has 3 heteroatoms. The molecule has 0 unspecified atom stereocenters. The van der Waals surface area contributed by atoms with Gasteiger partial charge in [-0.3, -0.25) is 10.3 Å². The summed E-state index contributed by atoms with van der Waals surface area (Å²) >= 11 is 0. The fraction of sp³-hybridized carbons (Fsp3) is 0.385. The number of hydrogen-bond acceptors (Lipinski definition) is 2. The molecule has 1 aromatic carbocycles. The van der Waals surface area contributed by atoms with Crippen molar-refractivity contribution < 1.29 is 0 Å². The summed E-state index contributed by atoms with van der Waals surface area (Å²) < 4.78 is 0. The molecule has 0 aliphatic carbocycles. The molecule has 16 heavy (non-hydrogen) atoms. The monoisotopic (exact) mass is 215 g/mol. The lowest BCUT2D eigenvalue weighted by molar-refractivity contribution is 0.744. The third-order valence-corrected chi connectivity index (χ3v) is 2.30. The number of unbranched alkanes of at least 4 members (excludes halogenated alkanes) is 1. The number of nitrogens with zero attached hydrogens (tertiary/aromatic N) is 2. The second-order valence-electron chi connectivity index (χ2n) is 3.65. The van der Waals surface area contributed by atoms with Gasteiger partial charge in [-0.2, -0.15) is 5.26 Å². The molecule has 0 heterocycles. The highest BCUT2D eigenvalue weighted by atomic mass is 15.0. The van der Waals surface area contributed by atoms with Crippen molar-refractivity contribution in [2.75, 3.05) is 6.54 Å². The molecule has 84 valence electrons. The van der Waals surface area contributed by atoms with Gasteiger partial charge in [0.25, 0.3) is 0 Å². The molecule has 0 spiro atoms. The Morgan fingerprint density at radius 3 is 2.75 bits per heavy atom. The number of nitrogens with one attached hydrogen (secondary N) is 1. The third-order valence-electron chi connectivity index (χ3n) is 2.30. The van der Waals surface area contributed by atoms with E-state index in [1.165, 1.54) is 5.56 Å². The van der Waals surface area contributed by atoms with Gasteiger partial charge in [-0.15, -0.1) is 0 Å². The smallest absolute Gasteiger partial charge is 0.182 e. The average Bonchev–Trinajstić information content (AvgIpc) is 2.30. The van der Waals surface area contributed by atoms with Crippen LogP contribution >= 0.6 is 0 Å². The maximum Gasteiger partial charge on any atom is 0.182 e. The third kappa shape index (κ3) is 5.16. The fourth-order valence-electron chi connectivity index (χ4n) is 1.45. The SMILES string of the molecule is CC(=NCCCCc1ccccc1)NC#N. The molecule has 0 fully saturated rings. The summed E-state index contributed by atoms with van der Waals surface area (Å²) in [6.45, 7) is 2.59. The number of amidine groups is 1. The number of aryl methyl sites for hydroxylation is 1. The van der Waals surface area contributed by atoms with Crippen molar-refractivity contribution in [1.29, 1.82) is 5.26 Å². The Balaban J connectivity index is 2.13. The van der Waals surface area contributed by atoms with E-state index in [4.69, 9.17) is 5.26 Å². The summed E-state index contributed by atoms with van der Waals surface area (Å²) in [5.74, 6) is 0.696. The first kappa shape index (κ1) is 12.3. The van der Waals surface area contributed by atoms with Gasteiger partial charge < -0.3 is 0 Å². The molecule has 1 rings (SSSR count). The van der Waals surface area contributed by atoms with Crippen molar-refractivity contribution in [3.63, 3.8) is 0 Å². The molecule has 0 radical (unpaired) electrons. The summed E-state index contributed by atoms with van der Waals surface area (Å²) in [6.07, 6.45) is 5.14. The Hall–Kier alpha value is -1.82. The van der Waals surface area contributed by atoms with Crippen LogP contribution in [-0.2, 0) is 6.42 Å². The van der Waals surface area contributed by atoms with E-state index in [0.717, 1.165) is 25.8 Å². The molecular weight excluding hydrogens is 198 g/mol. The first-order chi connectivity index (χ1) is 7.83. The maximum absolute atomic E-state index is 8.35. The molecule has 0 aromatic heterocycles. The summed E-state index contributed by atoms with van der Waals surface area (Å²) in [5.41, 5.74) is 1.37. The number of hydrogen-bond donors (Lipinski definition) is 1. The van der Waals surface area contributed by atoms with Crippen molar-refractivity contribution >= 4 is 5.84 Å². The minimum absolute atomic E-state index is 0.696. The Labute approximate surface area is 96.8 Å². The molecule has 0 saturated carbocycles. The van der Waals surface area contributed by atoms with Gasteiger partial charge in [0.15, 0.2) is 6.19 Å². The lowest BCUT2D eigenvalue weighted by Crippen LogP contribution is -2.13. The van der Waals surface area contributed by atoms with Crippen LogP contribution in [0.25, 0.3) is 0 Å². The zero-order chi connectivity index (χ0) is 11.6. The molecule has 0 aliphatic rings. The Bertz CT molecular complexity index is 363. The molecule has 1 aromatic rings. The van der Waals surface area contributed by atoms with E-state index in [1.807, 2.05) is 12.3 Å². The van der Waals surface area contributed by atoms with E-state index in [0.29, 0.717) is 5.84 Å². The van der Waals surface area contributed by atoms with Gasteiger partial charge in [0.1, 0.15) is 5.84 Å². The van der Waals surface area contributed by atoms with Crippen LogP contribution in [0.4, 0.5) is 0 Å². The van der Waals surface area contributed by atoms with E-state index in [2.05, 4.69) is 34.6 Å². The van der Waals surface area contributed by atoms with Gasteiger partial charge in [0, 0.05) is 6.54 Å². The molecule has 0 aliphatic heterocycles. The van der Waals surface area contributed by atoms with E-state index in [-0.39, 0.29) is 0 Å². The van der Waals surface area contributed by atoms with Crippen LogP contribution in [0.1, 0.15) is 25.3 Å². The van der Waals surface area contributed by atoms with Crippen LogP contribution < -0.4 is 5.32 Å². The second-order valence-corrected chi connectivity index (χ2v) is 3.65. The summed E-state index contributed by atoms with van der Waals surface area (Å²) in [6, 6.07) is 10.4. The highest BCUT2D eigenvalue weighted by Crippen LogP contribution is 2.04. The van der Waals surface area contributed by atoms with Crippen molar-refractivity contribution in [2.45, 2.75) is 26.2 Å². The molecule has 0 bridgehead atoms. The standard InChI is InChI=1S/C13H17N3/c1-12(16-11-14)15-10-6-5-9-13-7-3-2-4-8-13/h2-4,7-8H,5-6,9-10H2,1H3,(H,15,16). The van der Waals surface area contributed by atoms with Crippen LogP contribution in [0.5, 0.6) is 0 Å². The van der Waals surface area contributed by atoms with Crippen molar-refractivity contribution in [3.8, 4) is 6.19 Å². The Morgan fingerprint density at radius 2 is 2.06 bits per heavy atom. The Morgan fingerprint density at radius 1 is 1.31 bits per heavy atom. The predicted molar refractivity (Wildman–Crippen MR) is 66.1 cm³/mol. The minimum Gasteiger partial charge on any atom is -0.281 e. The van der Waals surface area contributed by atoms with Gasteiger partial charge >= 0.3 is 0 Å².